The molecule has 0 amide bonds. The molecular formula is C44H38B5N3. The van der Waals surface area contributed by atoms with Crippen molar-refractivity contribution in [3.8, 4) is 16.8 Å². The number of nitrogens with zero attached hydrogens (tertiary/aromatic N) is 3. The van der Waals surface area contributed by atoms with E-state index in [2.05, 4.69) is 194 Å². The first-order valence-corrected chi connectivity index (χ1v) is 18.4. The van der Waals surface area contributed by atoms with Crippen LogP contribution in [0, 0.1) is 5.92 Å². The minimum atomic E-state index is -0.198. The molecule has 0 saturated heterocycles. The molecule has 8 heteroatoms. The number of pyridine rings is 1. The molecule has 3 nitrogen and oxygen atoms in total. The van der Waals surface area contributed by atoms with Gasteiger partial charge in [-0.3, -0.25) is 9.55 Å². The van der Waals surface area contributed by atoms with Gasteiger partial charge in [-0.15, -0.1) is 5.11 Å². The molecule has 0 aliphatic heterocycles. The Hall–Kier alpha value is -5.48. The van der Waals surface area contributed by atoms with Crippen molar-refractivity contribution in [3.05, 3.63) is 192 Å². The number of benzene rings is 5. The number of rotatable bonds is 6. The zero-order valence-electron chi connectivity index (χ0n) is 30.5. The number of allylic oxidation sites excluding steroid dienone is 5. The Morgan fingerprint density at radius 2 is 1.31 bits per heavy atom. The Morgan fingerprint density at radius 3 is 2.10 bits per heavy atom. The van der Waals surface area contributed by atoms with Crippen LogP contribution in [0.15, 0.2) is 164 Å². The van der Waals surface area contributed by atoms with Crippen molar-refractivity contribution in [1.29, 1.82) is 0 Å². The lowest BCUT2D eigenvalue weighted by atomic mass is 9.23. The van der Waals surface area contributed by atoms with E-state index < -0.39 is 0 Å². The standard InChI is InChI=1S/C44H38B5N3/c45-43(46,44(47,48)49)42-51-37-15-7-8-16-39(37)52(42)38-22-21-36(30-9-1-2-10-31(30)38)41-34-13-5-3-11-32(34)40(33-12-4-6-14-35(33)41)29-19-17-27(18-20-29)28-23-25-50-26-24-28/h1-26,32,40H,45-49H2. The normalized spacial score (nSPS) is 17.0. The van der Waals surface area contributed by atoms with Crippen LogP contribution in [0.25, 0.3) is 44.2 Å². The fourth-order valence-corrected chi connectivity index (χ4v) is 8.28. The molecule has 0 radical (unpaired) electrons. The maximum atomic E-state index is 5.32. The SMILES string of the molecule is BC(B)(B)C(B)(B)c1nc2ccccc2n1-c1ccc(C2=C3C=CC=CC3C(c3ccc(-c4ccncc4)cc3)c3ccccc32)c2ccccc12. The highest BCUT2D eigenvalue weighted by Crippen LogP contribution is 2.51. The summed E-state index contributed by atoms with van der Waals surface area (Å²) in [5.74, 6) is 1.49. The Bertz CT molecular complexity index is 2600. The molecule has 0 N–H and O–H groups in total. The largest absolute Gasteiger partial charge is 0.296 e. The van der Waals surface area contributed by atoms with E-state index in [1.807, 2.05) is 12.4 Å². The molecule has 9 rings (SSSR count). The highest BCUT2D eigenvalue weighted by Gasteiger charge is 2.39. The van der Waals surface area contributed by atoms with Gasteiger partial charge in [0, 0.05) is 29.6 Å². The molecule has 2 aliphatic carbocycles. The van der Waals surface area contributed by atoms with Crippen LogP contribution in [0.5, 0.6) is 0 Å². The second-order valence-electron chi connectivity index (χ2n) is 15.8. The van der Waals surface area contributed by atoms with Crippen molar-refractivity contribution in [2.24, 2.45) is 5.92 Å². The molecule has 0 spiro atoms. The van der Waals surface area contributed by atoms with Gasteiger partial charge in [0.05, 0.1) is 40.3 Å². The summed E-state index contributed by atoms with van der Waals surface area (Å²) in [6, 6.07) is 44.6. The van der Waals surface area contributed by atoms with Gasteiger partial charge in [-0.25, -0.2) is 4.98 Å². The molecule has 2 atom stereocenters. The Kier molecular flexibility index (Phi) is 7.70. The van der Waals surface area contributed by atoms with Gasteiger partial charge in [0.2, 0.25) is 0 Å². The maximum absolute atomic E-state index is 5.32. The molecular weight excluding hydrogens is 625 g/mol. The summed E-state index contributed by atoms with van der Waals surface area (Å²) in [4.78, 5) is 9.54. The summed E-state index contributed by atoms with van der Waals surface area (Å²) < 4.78 is 2.43. The summed E-state index contributed by atoms with van der Waals surface area (Å²) in [7, 11) is 11.6. The average Bonchev–Trinajstić information content (AvgIpc) is 3.57. The van der Waals surface area contributed by atoms with Crippen LogP contribution in [-0.4, -0.2) is 53.8 Å². The van der Waals surface area contributed by atoms with Crippen molar-refractivity contribution >= 4 is 66.6 Å². The van der Waals surface area contributed by atoms with Crippen LogP contribution in [0.1, 0.15) is 34.0 Å². The molecule has 2 unspecified atom stereocenters. The van der Waals surface area contributed by atoms with E-state index in [4.69, 9.17) is 4.98 Å². The summed E-state index contributed by atoms with van der Waals surface area (Å²) in [5.41, 5.74) is 13.7. The quantitative estimate of drug-likeness (QED) is 0.226. The van der Waals surface area contributed by atoms with Gasteiger partial charge in [0.15, 0.2) is 0 Å². The minimum absolute atomic E-state index is 0.00803. The first-order chi connectivity index (χ1) is 25.2. The number of imidazole rings is 1. The van der Waals surface area contributed by atoms with Crippen molar-refractivity contribution in [2.45, 2.75) is 16.2 Å². The lowest BCUT2D eigenvalue weighted by Crippen LogP contribution is -2.45. The Labute approximate surface area is 310 Å². The van der Waals surface area contributed by atoms with Crippen molar-refractivity contribution in [1.82, 2.24) is 14.5 Å². The highest BCUT2D eigenvalue weighted by molar-refractivity contribution is 6.67. The van der Waals surface area contributed by atoms with Crippen LogP contribution in [0.2, 0.25) is 5.11 Å². The first kappa shape index (κ1) is 32.4. The molecule has 244 valence electrons. The topological polar surface area (TPSA) is 30.7 Å². The molecule has 2 aromatic heterocycles. The van der Waals surface area contributed by atoms with E-state index in [0.717, 1.165) is 22.5 Å². The fourth-order valence-electron chi connectivity index (χ4n) is 8.28. The first-order valence-electron chi connectivity index (χ1n) is 18.4. The summed E-state index contributed by atoms with van der Waals surface area (Å²) in [6.07, 6.45) is 12.9. The second kappa shape index (κ2) is 12.3. The predicted octanol–water partition coefficient (Wildman–Crippen LogP) is 5.32. The lowest BCUT2D eigenvalue weighted by Gasteiger charge is -2.39. The van der Waals surface area contributed by atoms with Crippen molar-refractivity contribution in [2.75, 3.05) is 0 Å². The summed E-state index contributed by atoms with van der Waals surface area (Å²) >= 11 is 0. The van der Waals surface area contributed by atoms with Gasteiger partial charge >= 0.3 is 0 Å². The van der Waals surface area contributed by atoms with Gasteiger partial charge in [0.25, 0.3) is 0 Å². The monoisotopic (exact) mass is 663 g/mol. The van der Waals surface area contributed by atoms with E-state index in [1.165, 1.54) is 55.3 Å². The number of hydrogen-bond donors (Lipinski definition) is 0. The number of fused-ring (bicyclic) bond motifs is 4. The van der Waals surface area contributed by atoms with Crippen LogP contribution >= 0.6 is 0 Å². The van der Waals surface area contributed by atoms with Crippen LogP contribution in [0.4, 0.5) is 0 Å². The molecule has 0 saturated carbocycles. The zero-order chi connectivity index (χ0) is 35.6. The molecule has 2 heterocycles. The van der Waals surface area contributed by atoms with Gasteiger partial charge in [-0.1, -0.05) is 115 Å². The predicted molar refractivity (Wildman–Crippen MR) is 231 cm³/mol. The third-order valence-corrected chi connectivity index (χ3v) is 12.0. The van der Waals surface area contributed by atoms with Gasteiger partial charge < -0.3 is 0 Å². The minimum Gasteiger partial charge on any atom is -0.296 e. The molecule has 2 aliphatic rings. The third kappa shape index (κ3) is 5.11. The number of para-hydroxylation sites is 2. The molecule has 0 bridgehead atoms. The summed E-state index contributed by atoms with van der Waals surface area (Å²) in [6.45, 7) is 0. The van der Waals surface area contributed by atoms with Gasteiger partial charge in [-0.2, -0.15) is 0 Å². The average molecular weight is 663 g/mol. The van der Waals surface area contributed by atoms with E-state index in [1.54, 1.807) is 0 Å². The Morgan fingerprint density at radius 1 is 0.615 bits per heavy atom. The lowest BCUT2D eigenvalue weighted by molar-refractivity contribution is 0.649. The Balaban J connectivity index is 1.24. The van der Waals surface area contributed by atoms with Crippen LogP contribution < -0.4 is 0 Å². The van der Waals surface area contributed by atoms with Gasteiger partial charge in [-0.05, 0) is 85.5 Å². The molecule has 52 heavy (non-hydrogen) atoms. The van der Waals surface area contributed by atoms with E-state index in [9.17, 15) is 0 Å². The summed E-state index contributed by atoms with van der Waals surface area (Å²) in [5, 5.41) is 2.26. The van der Waals surface area contributed by atoms with Crippen molar-refractivity contribution < 1.29 is 0 Å². The van der Waals surface area contributed by atoms with E-state index in [0.29, 0.717) is 0 Å². The molecule has 0 fully saturated rings. The molecule has 7 aromatic rings. The van der Waals surface area contributed by atoms with Crippen molar-refractivity contribution in [3.63, 3.8) is 0 Å². The second-order valence-corrected chi connectivity index (χ2v) is 15.8. The third-order valence-electron chi connectivity index (χ3n) is 12.0. The van der Waals surface area contributed by atoms with Crippen LogP contribution in [-0.2, 0) is 5.21 Å². The smallest absolute Gasteiger partial charge is 0.106 e. The van der Waals surface area contributed by atoms with E-state index in [-0.39, 0.29) is 22.2 Å². The van der Waals surface area contributed by atoms with Crippen LogP contribution in [0.3, 0.4) is 0 Å². The van der Waals surface area contributed by atoms with E-state index >= 15 is 0 Å². The highest BCUT2D eigenvalue weighted by atomic mass is 15.1. The van der Waals surface area contributed by atoms with Gasteiger partial charge in [0.1, 0.15) is 21.5 Å². The zero-order valence-corrected chi connectivity index (χ0v) is 30.5. The number of hydrogen-bond acceptors (Lipinski definition) is 2. The maximum Gasteiger partial charge on any atom is 0.106 e. The molecule has 5 aromatic carbocycles. The number of aromatic nitrogens is 3. The fraction of sp³-hybridized carbons (Fsp3) is 0.0909.